The molecule has 0 aromatic rings. The van der Waals surface area contributed by atoms with Gasteiger partial charge >= 0.3 is 6.03 Å². The van der Waals surface area contributed by atoms with E-state index in [9.17, 15) is 9.90 Å². The topological polar surface area (TPSA) is 61.8 Å². The van der Waals surface area contributed by atoms with Gasteiger partial charge in [-0.05, 0) is 31.6 Å². The van der Waals surface area contributed by atoms with Crippen molar-refractivity contribution in [3.8, 4) is 0 Å². The van der Waals surface area contributed by atoms with E-state index in [1.807, 2.05) is 0 Å². The number of urea groups is 1. The zero-order chi connectivity index (χ0) is 12.1. The number of aliphatic hydroxyl groups excluding tert-OH is 1. The number of ether oxygens (including phenoxy) is 1. The van der Waals surface area contributed by atoms with Gasteiger partial charge in [0.25, 0.3) is 0 Å². The SMILES string of the molecule is O=C(NCC1CCC(O)CC1)N1CCOCC1. The van der Waals surface area contributed by atoms with Crippen molar-refractivity contribution in [2.45, 2.75) is 31.8 Å². The van der Waals surface area contributed by atoms with Crippen molar-refractivity contribution in [1.82, 2.24) is 10.2 Å². The molecule has 2 fully saturated rings. The Morgan fingerprint density at radius 1 is 1.24 bits per heavy atom. The molecule has 0 atom stereocenters. The van der Waals surface area contributed by atoms with E-state index in [-0.39, 0.29) is 12.1 Å². The van der Waals surface area contributed by atoms with E-state index < -0.39 is 0 Å². The van der Waals surface area contributed by atoms with E-state index in [1.54, 1.807) is 4.90 Å². The third kappa shape index (κ3) is 3.85. The molecule has 1 saturated carbocycles. The Labute approximate surface area is 102 Å². The van der Waals surface area contributed by atoms with Crippen LogP contribution in [0.1, 0.15) is 25.7 Å². The molecule has 2 amide bonds. The average molecular weight is 242 g/mol. The third-order valence-corrected chi connectivity index (χ3v) is 3.66. The highest BCUT2D eigenvalue weighted by Crippen LogP contribution is 2.23. The molecule has 0 spiro atoms. The second kappa shape index (κ2) is 6.21. The van der Waals surface area contributed by atoms with E-state index >= 15 is 0 Å². The van der Waals surface area contributed by atoms with Gasteiger partial charge < -0.3 is 20.1 Å². The first-order valence-electron chi connectivity index (χ1n) is 6.54. The summed E-state index contributed by atoms with van der Waals surface area (Å²) in [5.41, 5.74) is 0. The van der Waals surface area contributed by atoms with Crippen molar-refractivity contribution in [2.24, 2.45) is 5.92 Å². The highest BCUT2D eigenvalue weighted by Gasteiger charge is 2.21. The predicted octanol–water partition coefficient (Wildman–Crippen LogP) is 0.579. The number of hydrogen-bond donors (Lipinski definition) is 2. The summed E-state index contributed by atoms with van der Waals surface area (Å²) in [6.45, 7) is 3.40. The standard InChI is InChI=1S/C12H22N2O3/c15-11-3-1-10(2-4-11)9-13-12(16)14-5-7-17-8-6-14/h10-11,15H,1-9H2,(H,13,16). The molecule has 0 bridgehead atoms. The highest BCUT2D eigenvalue weighted by atomic mass is 16.5. The molecule has 2 rings (SSSR count). The van der Waals surface area contributed by atoms with E-state index in [0.29, 0.717) is 32.2 Å². The van der Waals surface area contributed by atoms with Gasteiger partial charge in [-0.25, -0.2) is 4.79 Å². The number of morpholine rings is 1. The lowest BCUT2D eigenvalue weighted by Gasteiger charge is -2.29. The van der Waals surface area contributed by atoms with Crippen LogP contribution >= 0.6 is 0 Å². The van der Waals surface area contributed by atoms with Crippen molar-refractivity contribution >= 4 is 6.03 Å². The van der Waals surface area contributed by atoms with Gasteiger partial charge in [0.2, 0.25) is 0 Å². The van der Waals surface area contributed by atoms with Crippen LogP contribution in [0.2, 0.25) is 0 Å². The molecule has 5 heteroatoms. The molecule has 0 aromatic carbocycles. The zero-order valence-corrected chi connectivity index (χ0v) is 10.2. The van der Waals surface area contributed by atoms with Gasteiger partial charge in [0, 0.05) is 19.6 Å². The molecule has 2 N–H and O–H groups in total. The summed E-state index contributed by atoms with van der Waals surface area (Å²) in [6, 6.07) is 0.0272. The summed E-state index contributed by atoms with van der Waals surface area (Å²) in [5, 5.41) is 12.4. The van der Waals surface area contributed by atoms with Gasteiger partial charge in [-0.2, -0.15) is 0 Å². The maximum absolute atomic E-state index is 11.8. The zero-order valence-electron chi connectivity index (χ0n) is 10.2. The van der Waals surface area contributed by atoms with Gasteiger partial charge in [-0.15, -0.1) is 0 Å². The lowest BCUT2D eigenvalue weighted by Crippen LogP contribution is -2.47. The fourth-order valence-electron chi connectivity index (χ4n) is 2.46. The fraction of sp³-hybridized carbons (Fsp3) is 0.917. The van der Waals surface area contributed by atoms with Gasteiger partial charge in [0.1, 0.15) is 0 Å². The van der Waals surface area contributed by atoms with Crippen molar-refractivity contribution in [3.63, 3.8) is 0 Å². The first-order chi connectivity index (χ1) is 8.25. The molecule has 0 aromatic heterocycles. The lowest BCUT2D eigenvalue weighted by atomic mass is 9.87. The van der Waals surface area contributed by atoms with Gasteiger partial charge in [0.05, 0.1) is 19.3 Å². The van der Waals surface area contributed by atoms with Crippen molar-refractivity contribution in [3.05, 3.63) is 0 Å². The summed E-state index contributed by atoms with van der Waals surface area (Å²) < 4.78 is 5.21. The molecule has 1 heterocycles. The van der Waals surface area contributed by atoms with Crippen LogP contribution in [0.3, 0.4) is 0 Å². The van der Waals surface area contributed by atoms with Crippen molar-refractivity contribution in [1.29, 1.82) is 0 Å². The number of carbonyl (C=O) groups is 1. The number of nitrogens with one attached hydrogen (secondary N) is 1. The third-order valence-electron chi connectivity index (χ3n) is 3.66. The van der Waals surface area contributed by atoms with E-state index in [0.717, 1.165) is 32.2 Å². The largest absolute Gasteiger partial charge is 0.393 e. The second-order valence-corrected chi connectivity index (χ2v) is 4.96. The number of rotatable bonds is 2. The molecule has 0 radical (unpaired) electrons. The van der Waals surface area contributed by atoms with E-state index in [2.05, 4.69) is 5.32 Å². The Hall–Kier alpha value is -0.810. The van der Waals surface area contributed by atoms with Crippen LogP contribution in [0.25, 0.3) is 0 Å². The minimum Gasteiger partial charge on any atom is -0.393 e. The molecule has 1 aliphatic carbocycles. The van der Waals surface area contributed by atoms with E-state index in [4.69, 9.17) is 4.74 Å². The number of carbonyl (C=O) groups excluding carboxylic acids is 1. The molecular formula is C12H22N2O3. The van der Waals surface area contributed by atoms with Crippen LogP contribution in [0.4, 0.5) is 4.79 Å². The van der Waals surface area contributed by atoms with Crippen LogP contribution < -0.4 is 5.32 Å². The Balaban J connectivity index is 1.65. The fourth-order valence-corrected chi connectivity index (χ4v) is 2.46. The molecule has 1 saturated heterocycles. The van der Waals surface area contributed by atoms with E-state index in [1.165, 1.54) is 0 Å². The number of amides is 2. The Bertz CT molecular complexity index is 246. The molecule has 1 aliphatic heterocycles. The molecular weight excluding hydrogens is 220 g/mol. The lowest BCUT2D eigenvalue weighted by molar-refractivity contribution is 0.0524. The predicted molar refractivity (Wildman–Crippen MR) is 63.8 cm³/mol. The maximum Gasteiger partial charge on any atom is 0.317 e. The quantitative estimate of drug-likeness (QED) is 0.744. The number of nitrogens with zero attached hydrogens (tertiary/aromatic N) is 1. The molecule has 0 unspecified atom stereocenters. The maximum atomic E-state index is 11.8. The van der Waals surface area contributed by atoms with Crippen LogP contribution in [0.5, 0.6) is 0 Å². The average Bonchev–Trinajstić information content (AvgIpc) is 2.39. The van der Waals surface area contributed by atoms with Crippen molar-refractivity contribution in [2.75, 3.05) is 32.8 Å². The Kier molecular flexibility index (Phi) is 4.62. The van der Waals surface area contributed by atoms with Crippen LogP contribution in [0.15, 0.2) is 0 Å². The minimum atomic E-state index is -0.124. The first kappa shape index (κ1) is 12.6. The number of aliphatic hydroxyl groups is 1. The number of hydrogen-bond acceptors (Lipinski definition) is 3. The molecule has 2 aliphatic rings. The normalized spacial score (nSPS) is 30.1. The van der Waals surface area contributed by atoms with Gasteiger partial charge in [-0.3, -0.25) is 0 Å². The second-order valence-electron chi connectivity index (χ2n) is 4.96. The summed E-state index contributed by atoms with van der Waals surface area (Å²) in [7, 11) is 0. The molecule has 98 valence electrons. The summed E-state index contributed by atoms with van der Waals surface area (Å²) >= 11 is 0. The monoisotopic (exact) mass is 242 g/mol. The van der Waals surface area contributed by atoms with Gasteiger partial charge in [-0.1, -0.05) is 0 Å². The van der Waals surface area contributed by atoms with Crippen LogP contribution in [-0.4, -0.2) is 55.0 Å². The Morgan fingerprint density at radius 2 is 1.88 bits per heavy atom. The summed E-state index contributed by atoms with van der Waals surface area (Å²) in [5.74, 6) is 0.531. The molecule has 5 nitrogen and oxygen atoms in total. The Morgan fingerprint density at radius 3 is 2.53 bits per heavy atom. The first-order valence-corrected chi connectivity index (χ1v) is 6.54. The minimum absolute atomic E-state index is 0.0272. The van der Waals surface area contributed by atoms with Crippen LogP contribution in [-0.2, 0) is 4.74 Å². The summed E-state index contributed by atoms with van der Waals surface area (Å²) in [6.07, 6.45) is 3.66. The summed E-state index contributed by atoms with van der Waals surface area (Å²) in [4.78, 5) is 13.6. The molecule has 17 heavy (non-hydrogen) atoms. The van der Waals surface area contributed by atoms with Gasteiger partial charge in [0.15, 0.2) is 0 Å². The van der Waals surface area contributed by atoms with Crippen molar-refractivity contribution < 1.29 is 14.6 Å². The highest BCUT2D eigenvalue weighted by molar-refractivity contribution is 5.74. The van der Waals surface area contributed by atoms with Crippen LogP contribution in [0, 0.1) is 5.92 Å². The smallest absolute Gasteiger partial charge is 0.317 e.